The van der Waals surface area contributed by atoms with Crippen molar-refractivity contribution in [3.63, 3.8) is 0 Å². The fraction of sp³-hybridized carbons (Fsp3) is 0.625. The summed E-state index contributed by atoms with van der Waals surface area (Å²) in [6.07, 6.45) is 2.56. The minimum atomic E-state index is 0.819. The van der Waals surface area contributed by atoms with Gasteiger partial charge in [0.05, 0.1) is 44.6 Å². The number of hydrogen-bond acceptors (Lipinski definition) is 0. The van der Waals surface area contributed by atoms with Gasteiger partial charge in [-0.2, -0.15) is 0 Å². The fourth-order valence-electron chi connectivity index (χ4n) is 3.14. The van der Waals surface area contributed by atoms with Crippen molar-refractivity contribution in [3.05, 3.63) is 35.9 Å². The standard InChI is InChI=1S/C16H26N2/c1-13-12-18(3)14(2)11-16(13)17-10-9-15-7-5-4-6-8-15/h4-8,13-14,16-17H,9-12H2,1-3H3/p+2/t13-,14+,16+/m1/s1. The van der Waals surface area contributed by atoms with Crippen molar-refractivity contribution in [2.45, 2.75) is 38.8 Å². The smallest absolute Gasteiger partial charge is 0.0996 e. The normalized spacial score (nSPS) is 32.4. The molecule has 0 amide bonds. The number of quaternary nitrogens is 2. The lowest BCUT2D eigenvalue weighted by Gasteiger charge is -2.35. The molecule has 1 saturated heterocycles. The molecule has 1 fully saturated rings. The van der Waals surface area contributed by atoms with Gasteiger partial charge < -0.3 is 10.2 Å². The Labute approximate surface area is 111 Å². The molecule has 0 bridgehead atoms. The van der Waals surface area contributed by atoms with Crippen LogP contribution in [0, 0.1) is 5.92 Å². The Balaban J connectivity index is 1.76. The van der Waals surface area contributed by atoms with Crippen LogP contribution in [0.3, 0.4) is 0 Å². The molecule has 0 aliphatic carbocycles. The SMILES string of the molecule is C[C@@H]1C[NH+](C)[C@@H](C)C[C@@H]1[NH2+]CCc1ccccc1. The third-order valence-corrected chi connectivity index (χ3v) is 4.59. The average Bonchev–Trinajstić information content (AvgIpc) is 2.37. The van der Waals surface area contributed by atoms with E-state index in [1.165, 1.54) is 31.5 Å². The first-order valence-corrected chi connectivity index (χ1v) is 7.36. The quantitative estimate of drug-likeness (QED) is 0.754. The molecule has 1 heterocycles. The van der Waals surface area contributed by atoms with Gasteiger partial charge in [0.2, 0.25) is 0 Å². The second-order valence-electron chi connectivity index (χ2n) is 6.09. The molecule has 0 aromatic heterocycles. The first-order valence-electron chi connectivity index (χ1n) is 7.36. The molecule has 3 N–H and O–H groups in total. The maximum absolute atomic E-state index is 2.58. The molecule has 1 aromatic rings. The van der Waals surface area contributed by atoms with Gasteiger partial charge >= 0.3 is 0 Å². The van der Waals surface area contributed by atoms with Crippen LogP contribution in [-0.2, 0) is 6.42 Å². The highest BCUT2D eigenvalue weighted by atomic mass is 15.2. The number of nitrogens with two attached hydrogens (primary N) is 1. The second-order valence-corrected chi connectivity index (χ2v) is 6.09. The highest BCUT2D eigenvalue weighted by molar-refractivity contribution is 5.14. The average molecular weight is 248 g/mol. The summed E-state index contributed by atoms with van der Waals surface area (Å²) in [7, 11) is 2.33. The third-order valence-electron chi connectivity index (χ3n) is 4.59. The van der Waals surface area contributed by atoms with Gasteiger partial charge in [-0.15, -0.1) is 0 Å². The summed E-state index contributed by atoms with van der Waals surface area (Å²) in [6.45, 7) is 7.36. The van der Waals surface area contributed by atoms with Crippen molar-refractivity contribution in [1.82, 2.24) is 0 Å². The van der Waals surface area contributed by atoms with Gasteiger partial charge in [0, 0.05) is 6.42 Å². The van der Waals surface area contributed by atoms with Gasteiger partial charge in [0.25, 0.3) is 0 Å². The summed E-state index contributed by atoms with van der Waals surface area (Å²) in [5.74, 6) is 0.844. The topological polar surface area (TPSA) is 21.1 Å². The van der Waals surface area contributed by atoms with Gasteiger partial charge in [-0.3, -0.25) is 0 Å². The van der Waals surface area contributed by atoms with Gasteiger partial charge in [0.15, 0.2) is 0 Å². The molecule has 0 radical (unpaired) electrons. The van der Waals surface area contributed by atoms with Crippen LogP contribution in [0.1, 0.15) is 25.8 Å². The van der Waals surface area contributed by atoms with E-state index in [1.807, 2.05) is 0 Å². The Bertz CT molecular complexity index is 349. The molecule has 1 aliphatic heterocycles. The predicted octanol–water partition coefficient (Wildman–Crippen LogP) is 0.104. The van der Waals surface area contributed by atoms with E-state index in [2.05, 4.69) is 56.5 Å². The van der Waals surface area contributed by atoms with Crippen LogP contribution in [0.2, 0.25) is 0 Å². The van der Waals surface area contributed by atoms with E-state index >= 15 is 0 Å². The second kappa shape index (κ2) is 6.35. The number of rotatable bonds is 4. The van der Waals surface area contributed by atoms with E-state index in [-0.39, 0.29) is 0 Å². The highest BCUT2D eigenvalue weighted by Gasteiger charge is 2.33. The summed E-state index contributed by atoms with van der Waals surface area (Å²) in [6, 6.07) is 12.5. The molecule has 4 atom stereocenters. The summed E-state index contributed by atoms with van der Waals surface area (Å²) in [5, 5.41) is 2.58. The first kappa shape index (κ1) is 13.6. The molecular weight excluding hydrogens is 220 g/mol. The van der Waals surface area contributed by atoms with Crippen molar-refractivity contribution >= 4 is 0 Å². The van der Waals surface area contributed by atoms with Gasteiger partial charge in [-0.05, 0) is 12.5 Å². The zero-order chi connectivity index (χ0) is 13.0. The molecule has 1 aromatic carbocycles. The molecule has 1 unspecified atom stereocenters. The molecule has 0 saturated carbocycles. The summed E-state index contributed by atoms with van der Waals surface area (Å²) >= 11 is 0. The summed E-state index contributed by atoms with van der Waals surface area (Å²) in [5.41, 5.74) is 1.47. The highest BCUT2D eigenvalue weighted by Crippen LogP contribution is 2.07. The van der Waals surface area contributed by atoms with Crippen molar-refractivity contribution in [3.8, 4) is 0 Å². The monoisotopic (exact) mass is 248 g/mol. The zero-order valence-electron chi connectivity index (χ0n) is 12.0. The Morgan fingerprint density at radius 2 is 1.94 bits per heavy atom. The van der Waals surface area contributed by atoms with Crippen LogP contribution < -0.4 is 10.2 Å². The minimum absolute atomic E-state index is 0.819. The number of benzene rings is 1. The number of piperidine rings is 1. The third kappa shape index (κ3) is 3.56. The lowest BCUT2D eigenvalue weighted by molar-refractivity contribution is -0.922. The lowest BCUT2D eigenvalue weighted by Crippen LogP contribution is -3.16. The van der Waals surface area contributed by atoms with E-state index < -0.39 is 0 Å². The van der Waals surface area contributed by atoms with E-state index in [0.29, 0.717) is 0 Å². The predicted molar refractivity (Wildman–Crippen MR) is 75.7 cm³/mol. The molecule has 1 aliphatic rings. The maximum Gasteiger partial charge on any atom is 0.0996 e. The van der Waals surface area contributed by atoms with Gasteiger partial charge in [-0.25, -0.2) is 0 Å². The molecule has 18 heavy (non-hydrogen) atoms. The van der Waals surface area contributed by atoms with Crippen LogP contribution in [0.4, 0.5) is 0 Å². The Morgan fingerprint density at radius 1 is 1.22 bits per heavy atom. The van der Waals surface area contributed by atoms with Crippen molar-refractivity contribution in [1.29, 1.82) is 0 Å². The van der Waals surface area contributed by atoms with Crippen LogP contribution in [0.15, 0.2) is 30.3 Å². The van der Waals surface area contributed by atoms with Crippen molar-refractivity contribution < 1.29 is 10.2 Å². The minimum Gasteiger partial charge on any atom is -0.343 e. The molecule has 2 heteroatoms. The maximum atomic E-state index is 2.58. The molecule has 2 rings (SSSR count). The lowest BCUT2D eigenvalue weighted by atomic mass is 9.90. The van der Waals surface area contributed by atoms with Crippen molar-refractivity contribution in [2.24, 2.45) is 5.92 Å². The summed E-state index contributed by atoms with van der Waals surface area (Å²) < 4.78 is 0. The van der Waals surface area contributed by atoms with Crippen molar-refractivity contribution in [2.75, 3.05) is 20.1 Å². The van der Waals surface area contributed by atoms with Crippen LogP contribution in [0.5, 0.6) is 0 Å². The van der Waals surface area contributed by atoms with E-state index in [1.54, 1.807) is 4.90 Å². The van der Waals surface area contributed by atoms with Crippen LogP contribution in [-0.4, -0.2) is 32.2 Å². The Hall–Kier alpha value is -0.860. The molecule has 0 spiro atoms. The van der Waals surface area contributed by atoms with E-state index in [0.717, 1.165) is 18.0 Å². The Morgan fingerprint density at radius 3 is 2.67 bits per heavy atom. The number of likely N-dealkylation sites (tertiary alicyclic amines) is 1. The van der Waals surface area contributed by atoms with E-state index in [9.17, 15) is 0 Å². The number of hydrogen-bond donors (Lipinski definition) is 2. The van der Waals surface area contributed by atoms with Gasteiger partial charge in [-0.1, -0.05) is 37.3 Å². The molecule has 100 valence electrons. The largest absolute Gasteiger partial charge is 0.343 e. The van der Waals surface area contributed by atoms with Crippen LogP contribution in [0.25, 0.3) is 0 Å². The zero-order valence-corrected chi connectivity index (χ0v) is 12.0. The Kier molecular flexibility index (Phi) is 4.79. The molecular formula is C16H28N2+2. The number of nitrogens with one attached hydrogen (secondary N) is 1. The fourth-order valence-corrected chi connectivity index (χ4v) is 3.14. The van der Waals surface area contributed by atoms with Gasteiger partial charge in [0.1, 0.15) is 0 Å². The summed E-state index contributed by atoms with van der Waals surface area (Å²) in [4.78, 5) is 1.70. The first-order chi connectivity index (χ1) is 8.66. The van der Waals surface area contributed by atoms with E-state index in [4.69, 9.17) is 0 Å². The van der Waals surface area contributed by atoms with Crippen LogP contribution >= 0.6 is 0 Å². The molecule has 2 nitrogen and oxygen atoms in total.